The van der Waals surface area contributed by atoms with Gasteiger partial charge < -0.3 is 14.4 Å². The SMILES string of the molecule is COc1ccccc1CN(CC1CCCO1)C(=O)Cc1ccc(Cl)c(Cl)c1. The van der Waals surface area contributed by atoms with E-state index in [4.69, 9.17) is 32.7 Å². The molecule has 144 valence electrons. The van der Waals surface area contributed by atoms with Crippen LogP contribution in [0.2, 0.25) is 10.0 Å². The van der Waals surface area contributed by atoms with Gasteiger partial charge in [-0.25, -0.2) is 0 Å². The van der Waals surface area contributed by atoms with Crippen molar-refractivity contribution in [2.75, 3.05) is 20.3 Å². The summed E-state index contributed by atoms with van der Waals surface area (Å²) in [7, 11) is 1.64. The second-order valence-electron chi connectivity index (χ2n) is 6.65. The molecule has 0 saturated carbocycles. The normalized spacial score (nSPS) is 16.3. The molecule has 1 unspecified atom stereocenters. The number of halogens is 2. The van der Waals surface area contributed by atoms with Gasteiger partial charge in [0.05, 0.1) is 29.7 Å². The van der Waals surface area contributed by atoms with Crippen LogP contribution in [0.15, 0.2) is 42.5 Å². The van der Waals surface area contributed by atoms with Gasteiger partial charge >= 0.3 is 0 Å². The molecule has 27 heavy (non-hydrogen) atoms. The molecule has 0 N–H and O–H groups in total. The van der Waals surface area contributed by atoms with Crippen LogP contribution < -0.4 is 4.74 Å². The molecule has 0 bridgehead atoms. The monoisotopic (exact) mass is 407 g/mol. The smallest absolute Gasteiger partial charge is 0.227 e. The fourth-order valence-electron chi connectivity index (χ4n) is 3.26. The molecule has 2 aromatic carbocycles. The molecule has 1 aliphatic heterocycles. The predicted octanol–water partition coefficient (Wildman–Crippen LogP) is 4.75. The largest absolute Gasteiger partial charge is 0.496 e. The van der Waals surface area contributed by atoms with E-state index in [9.17, 15) is 4.79 Å². The lowest BCUT2D eigenvalue weighted by atomic mass is 10.1. The molecule has 0 radical (unpaired) electrons. The summed E-state index contributed by atoms with van der Waals surface area (Å²) < 4.78 is 11.2. The van der Waals surface area contributed by atoms with Crippen molar-refractivity contribution in [1.29, 1.82) is 0 Å². The lowest BCUT2D eigenvalue weighted by molar-refractivity contribution is -0.132. The topological polar surface area (TPSA) is 38.8 Å². The Morgan fingerprint density at radius 2 is 2.04 bits per heavy atom. The Kier molecular flexibility index (Phi) is 7.00. The maximum absolute atomic E-state index is 13.1. The first kappa shape index (κ1) is 20.0. The highest BCUT2D eigenvalue weighted by atomic mass is 35.5. The van der Waals surface area contributed by atoms with E-state index in [2.05, 4.69) is 0 Å². The van der Waals surface area contributed by atoms with Gasteiger partial charge in [0, 0.05) is 25.3 Å². The summed E-state index contributed by atoms with van der Waals surface area (Å²) in [6.45, 7) is 1.80. The van der Waals surface area contributed by atoms with Crippen molar-refractivity contribution in [2.45, 2.75) is 31.9 Å². The maximum atomic E-state index is 13.1. The fraction of sp³-hybridized carbons (Fsp3) is 0.381. The summed E-state index contributed by atoms with van der Waals surface area (Å²) in [5.74, 6) is 0.798. The quantitative estimate of drug-likeness (QED) is 0.664. The van der Waals surface area contributed by atoms with Crippen molar-refractivity contribution in [3.8, 4) is 5.75 Å². The van der Waals surface area contributed by atoms with Crippen molar-refractivity contribution < 1.29 is 14.3 Å². The Morgan fingerprint density at radius 3 is 2.74 bits per heavy atom. The van der Waals surface area contributed by atoms with E-state index in [1.54, 1.807) is 19.2 Å². The van der Waals surface area contributed by atoms with E-state index >= 15 is 0 Å². The van der Waals surface area contributed by atoms with Gasteiger partial charge in [0.15, 0.2) is 0 Å². The van der Waals surface area contributed by atoms with Crippen molar-refractivity contribution in [3.63, 3.8) is 0 Å². The van der Waals surface area contributed by atoms with Crippen LogP contribution in [0.3, 0.4) is 0 Å². The summed E-state index contributed by atoms with van der Waals surface area (Å²) in [5.41, 5.74) is 1.81. The number of rotatable bonds is 7. The third kappa shape index (κ3) is 5.38. The molecular formula is C21H23Cl2NO3. The molecule has 1 fully saturated rings. The fourth-order valence-corrected chi connectivity index (χ4v) is 3.58. The van der Waals surface area contributed by atoms with Crippen LogP contribution in [-0.4, -0.2) is 37.2 Å². The van der Waals surface area contributed by atoms with Gasteiger partial charge in [-0.2, -0.15) is 0 Å². The van der Waals surface area contributed by atoms with Crippen molar-refractivity contribution in [2.24, 2.45) is 0 Å². The van der Waals surface area contributed by atoms with Crippen LogP contribution in [-0.2, 0) is 22.5 Å². The molecule has 0 spiro atoms. The highest BCUT2D eigenvalue weighted by molar-refractivity contribution is 6.42. The number of benzene rings is 2. The van der Waals surface area contributed by atoms with Gasteiger partial charge in [-0.15, -0.1) is 0 Å². The van der Waals surface area contributed by atoms with E-state index in [1.807, 2.05) is 35.2 Å². The minimum Gasteiger partial charge on any atom is -0.496 e. The van der Waals surface area contributed by atoms with E-state index in [1.165, 1.54) is 0 Å². The third-order valence-electron chi connectivity index (χ3n) is 4.69. The molecule has 0 aromatic heterocycles. The van der Waals surface area contributed by atoms with E-state index in [0.717, 1.165) is 36.3 Å². The number of para-hydroxylation sites is 1. The number of hydrogen-bond donors (Lipinski definition) is 0. The van der Waals surface area contributed by atoms with Crippen LogP contribution in [0.4, 0.5) is 0 Å². The van der Waals surface area contributed by atoms with Gasteiger partial charge in [-0.1, -0.05) is 47.5 Å². The van der Waals surface area contributed by atoms with Gasteiger partial charge in [0.1, 0.15) is 5.75 Å². The molecule has 4 nitrogen and oxygen atoms in total. The molecule has 6 heteroatoms. The van der Waals surface area contributed by atoms with Crippen LogP contribution in [0.5, 0.6) is 5.75 Å². The molecule has 1 amide bonds. The first-order valence-corrected chi connectivity index (χ1v) is 9.77. The summed E-state index contributed by atoms with van der Waals surface area (Å²) in [6.07, 6.45) is 2.35. The van der Waals surface area contributed by atoms with Crippen molar-refractivity contribution >= 4 is 29.1 Å². The number of amides is 1. The molecule has 1 aliphatic rings. The highest BCUT2D eigenvalue weighted by Gasteiger charge is 2.24. The number of ether oxygens (including phenoxy) is 2. The molecule has 1 saturated heterocycles. The number of carbonyl (C=O) groups is 1. The first-order valence-electron chi connectivity index (χ1n) is 9.02. The van der Waals surface area contributed by atoms with Crippen LogP contribution in [0.25, 0.3) is 0 Å². The average molecular weight is 408 g/mol. The van der Waals surface area contributed by atoms with Crippen molar-refractivity contribution in [1.82, 2.24) is 4.90 Å². The molecular weight excluding hydrogens is 385 g/mol. The minimum absolute atomic E-state index is 0.0230. The average Bonchev–Trinajstić information content (AvgIpc) is 3.18. The van der Waals surface area contributed by atoms with E-state index < -0.39 is 0 Å². The zero-order chi connectivity index (χ0) is 19.2. The Labute approximate surface area is 170 Å². The predicted molar refractivity (Wildman–Crippen MR) is 108 cm³/mol. The molecule has 3 rings (SSSR count). The number of hydrogen-bond acceptors (Lipinski definition) is 3. The number of methoxy groups -OCH3 is 1. The summed E-state index contributed by atoms with van der Waals surface area (Å²) >= 11 is 12.1. The molecule has 1 heterocycles. The summed E-state index contributed by atoms with van der Waals surface area (Å²) in [5, 5.41) is 0.940. The lowest BCUT2D eigenvalue weighted by Gasteiger charge is -2.26. The zero-order valence-electron chi connectivity index (χ0n) is 15.3. The van der Waals surface area contributed by atoms with Gasteiger partial charge in [-0.05, 0) is 36.6 Å². The summed E-state index contributed by atoms with van der Waals surface area (Å²) in [4.78, 5) is 14.9. The molecule has 0 aliphatic carbocycles. The van der Waals surface area contributed by atoms with Crippen LogP contribution in [0.1, 0.15) is 24.0 Å². The Balaban J connectivity index is 1.77. The standard InChI is InChI=1S/C21H23Cl2NO3/c1-26-20-7-3-2-5-16(20)13-24(14-17-6-4-10-27-17)21(25)12-15-8-9-18(22)19(23)11-15/h2-3,5,7-9,11,17H,4,6,10,12-14H2,1H3. The molecule has 1 atom stereocenters. The first-order chi connectivity index (χ1) is 13.1. The Hall–Kier alpha value is -1.75. The second kappa shape index (κ2) is 9.45. The molecule has 2 aromatic rings. The summed E-state index contributed by atoms with van der Waals surface area (Å²) in [6, 6.07) is 13.1. The number of carbonyl (C=O) groups excluding carboxylic acids is 1. The maximum Gasteiger partial charge on any atom is 0.227 e. The van der Waals surface area contributed by atoms with Crippen molar-refractivity contribution in [3.05, 3.63) is 63.6 Å². The van der Waals surface area contributed by atoms with Gasteiger partial charge in [0.25, 0.3) is 0 Å². The zero-order valence-corrected chi connectivity index (χ0v) is 16.8. The van der Waals surface area contributed by atoms with Crippen LogP contribution >= 0.6 is 23.2 Å². The lowest BCUT2D eigenvalue weighted by Crippen LogP contribution is -2.38. The van der Waals surface area contributed by atoms with Gasteiger partial charge in [0.2, 0.25) is 5.91 Å². The Bertz CT molecular complexity index is 791. The van der Waals surface area contributed by atoms with Crippen LogP contribution in [0, 0.1) is 0 Å². The van der Waals surface area contributed by atoms with E-state index in [-0.39, 0.29) is 18.4 Å². The highest BCUT2D eigenvalue weighted by Crippen LogP contribution is 2.25. The second-order valence-corrected chi connectivity index (χ2v) is 7.46. The minimum atomic E-state index is 0.0230. The van der Waals surface area contributed by atoms with Gasteiger partial charge in [-0.3, -0.25) is 4.79 Å². The Morgan fingerprint density at radius 1 is 1.22 bits per heavy atom. The third-order valence-corrected chi connectivity index (χ3v) is 5.43. The van der Waals surface area contributed by atoms with E-state index in [0.29, 0.717) is 23.1 Å². The number of nitrogens with zero attached hydrogens (tertiary/aromatic N) is 1.